The second kappa shape index (κ2) is 5.86. The number of aromatic nitrogens is 4. The SMILES string of the molecule is C/C=N\c1ccccc1Cn1nc2c(N)nc3ccccc3n2c1=O. The number of nitrogen functional groups attached to an aromatic ring is 1. The quantitative estimate of drug-likeness (QED) is 0.583. The number of nitrogens with zero attached hydrogens (tertiary/aromatic N) is 5. The first kappa shape index (κ1) is 15.1. The van der Waals surface area contributed by atoms with E-state index < -0.39 is 0 Å². The number of benzene rings is 2. The summed E-state index contributed by atoms with van der Waals surface area (Å²) in [7, 11) is 0. The maximum atomic E-state index is 12.9. The number of rotatable bonds is 3. The van der Waals surface area contributed by atoms with Gasteiger partial charge in [-0.2, -0.15) is 0 Å². The monoisotopic (exact) mass is 332 g/mol. The van der Waals surface area contributed by atoms with Crippen LogP contribution in [0.25, 0.3) is 16.7 Å². The van der Waals surface area contributed by atoms with Crippen molar-refractivity contribution >= 4 is 34.4 Å². The van der Waals surface area contributed by atoms with Gasteiger partial charge in [0.05, 0.1) is 23.3 Å². The maximum Gasteiger partial charge on any atom is 0.351 e. The molecule has 0 saturated carbocycles. The predicted octanol–water partition coefficient (Wildman–Crippen LogP) is 2.40. The average Bonchev–Trinajstić information content (AvgIpc) is 2.95. The molecule has 0 atom stereocenters. The molecule has 4 aromatic rings. The fourth-order valence-corrected chi connectivity index (χ4v) is 2.89. The van der Waals surface area contributed by atoms with Crippen molar-refractivity contribution in [1.82, 2.24) is 19.2 Å². The molecule has 2 heterocycles. The highest BCUT2D eigenvalue weighted by Gasteiger charge is 2.15. The van der Waals surface area contributed by atoms with Gasteiger partial charge in [-0.05, 0) is 30.7 Å². The number of anilines is 1. The highest BCUT2D eigenvalue weighted by Crippen LogP contribution is 2.20. The second-order valence-corrected chi connectivity index (χ2v) is 5.60. The van der Waals surface area contributed by atoms with Crippen LogP contribution in [-0.2, 0) is 6.54 Å². The number of para-hydroxylation sites is 3. The van der Waals surface area contributed by atoms with Crippen LogP contribution < -0.4 is 11.4 Å². The van der Waals surface area contributed by atoms with Crippen molar-refractivity contribution in [3.05, 3.63) is 64.6 Å². The molecule has 2 N–H and O–H groups in total. The third-order valence-electron chi connectivity index (χ3n) is 4.01. The minimum Gasteiger partial charge on any atom is -0.381 e. The molecule has 7 heteroatoms. The van der Waals surface area contributed by atoms with E-state index in [-0.39, 0.29) is 11.5 Å². The Labute approximate surface area is 143 Å². The standard InChI is InChI=1S/C18H16N6O/c1-2-20-13-8-4-3-7-12(13)11-23-18(25)24-15-10-6-5-9-14(15)21-16(19)17(24)22-23/h2-10H,11H2,1H3,(H2,19,21)/b20-2-. The van der Waals surface area contributed by atoms with Crippen LogP contribution in [-0.4, -0.2) is 25.4 Å². The Morgan fingerprint density at radius 2 is 1.92 bits per heavy atom. The number of aliphatic imine (C=N–C) groups is 1. The lowest BCUT2D eigenvalue weighted by atomic mass is 10.2. The Morgan fingerprint density at radius 1 is 1.16 bits per heavy atom. The zero-order valence-corrected chi connectivity index (χ0v) is 13.6. The summed E-state index contributed by atoms with van der Waals surface area (Å²) in [6.45, 7) is 2.16. The number of hydrogen-bond acceptors (Lipinski definition) is 5. The molecule has 7 nitrogen and oxygen atoms in total. The first-order valence-corrected chi connectivity index (χ1v) is 7.89. The van der Waals surface area contributed by atoms with Crippen LogP contribution in [0.15, 0.2) is 58.3 Å². The molecule has 124 valence electrons. The van der Waals surface area contributed by atoms with Crippen LogP contribution in [0.1, 0.15) is 12.5 Å². The van der Waals surface area contributed by atoms with Gasteiger partial charge >= 0.3 is 5.69 Å². The normalized spacial score (nSPS) is 11.7. The molecule has 0 fully saturated rings. The maximum absolute atomic E-state index is 12.9. The lowest BCUT2D eigenvalue weighted by molar-refractivity contribution is 0.661. The minimum absolute atomic E-state index is 0.231. The molecule has 0 radical (unpaired) electrons. The van der Waals surface area contributed by atoms with Crippen molar-refractivity contribution < 1.29 is 0 Å². The van der Waals surface area contributed by atoms with E-state index in [0.717, 1.165) is 11.3 Å². The Kier molecular flexibility index (Phi) is 3.53. The van der Waals surface area contributed by atoms with Crippen LogP contribution in [0.5, 0.6) is 0 Å². The smallest absolute Gasteiger partial charge is 0.351 e. The summed E-state index contributed by atoms with van der Waals surface area (Å²) < 4.78 is 2.90. The molecule has 0 saturated heterocycles. The van der Waals surface area contributed by atoms with E-state index in [2.05, 4.69) is 15.1 Å². The minimum atomic E-state index is -0.254. The Balaban J connectivity index is 1.93. The van der Waals surface area contributed by atoms with Crippen LogP contribution in [0.2, 0.25) is 0 Å². The summed E-state index contributed by atoms with van der Waals surface area (Å²) in [6.07, 6.45) is 1.72. The van der Waals surface area contributed by atoms with Gasteiger partial charge < -0.3 is 5.73 Å². The molecule has 0 amide bonds. The summed E-state index contributed by atoms with van der Waals surface area (Å²) in [5.74, 6) is 0.231. The lowest BCUT2D eigenvalue weighted by Crippen LogP contribution is -2.22. The Hall–Kier alpha value is -3.48. The van der Waals surface area contributed by atoms with Crippen molar-refractivity contribution in [2.45, 2.75) is 13.5 Å². The van der Waals surface area contributed by atoms with Crippen LogP contribution in [0.3, 0.4) is 0 Å². The summed E-state index contributed by atoms with van der Waals surface area (Å²) in [5, 5.41) is 4.39. The van der Waals surface area contributed by atoms with Crippen LogP contribution in [0, 0.1) is 0 Å². The average molecular weight is 332 g/mol. The molecule has 0 aliphatic heterocycles. The molecular weight excluding hydrogens is 316 g/mol. The summed E-state index contributed by atoms with van der Waals surface area (Å²) in [4.78, 5) is 21.6. The predicted molar refractivity (Wildman–Crippen MR) is 98.5 cm³/mol. The van der Waals surface area contributed by atoms with Crippen molar-refractivity contribution in [3.8, 4) is 0 Å². The molecule has 0 bridgehead atoms. The van der Waals surface area contributed by atoms with E-state index in [0.29, 0.717) is 23.2 Å². The molecule has 0 aliphatic rings. The van der Waals surface area contributed by atoms with Gasteiger partial charge in [-0.15, -0.1) is 5.10 Å². The number of nitrogens with two attached hydrogens (primary N) is 1. The van der Waals surface area contributed by atoms with Crippen molar-refractivity contribution in [2.24, 2.45) is 4.99 Å². The van der Waals surface area contributed by atoms with Gasteiger partial charge in [-0.3, -0.25) is 4.99 Å². The molecule has 2 aromatic heterocycles. The van der Waals surface area contributed by atoms with E-state index in [1.165, 1.54) is 9.08 Å². The lowest BCUT2D eigenvalue weighted by Gasteiger charge is -2.04. The third-order valence-corrected chi connectivity index (χ3v) is 4.01. The summed E-state index contributed by atoms with van der Waals surface area (Å²) in [6, 6.07) is 15.0. The topological polar surface area (TPSA) is 90.6 Å². The van der Waals surface area contributed by atoms with Gasteiger partial charge in [-0.25, -0.2) is 18.9 Å². The van der Waals surface area contributed by atoms with E-state index in [1.54, 1.807) is 6.21 Å². The van der Waals surface area contributed by atoms with Gasteiger partial charge in [0.1, 0.15) is 0 Å². The molecule has 25 heavy (non-hydrogen) atoms. The van der Waals surface area contributed by atoms with E-state index in [4.69, 9.17) is 5.73 Å². The Bertz CT molecular complexity index is 1170. The Morgan fingerprint density at radius 3 is 2.76 bits per heavy atom. The molecule has 0 unspecified atom stereocenters. The second-order valence-electron chi connectivity index (χ2n) is 5.60. The molecular formula is C18H16N6O. The molecule has 4 rings (SSSR count). The number of hydrogen-bond donors (Lipinski definition) is 1. The number of fused-ring (bicyclic) bond motifs is 3. The molecule has 0 aliphatic carbocycles. The van der Waals surface area contributed by atoms with Crippen LogP contribution >= 0.6 is 0 Å². The van der Waals surface area contributed by atoms with Crippen molar-refractivity contribution in [2.75, 3.05) is 5.73 Å². The van der Waals surface area contributed by atoms with Gasteiger partial charge in [0.2, 0.25) is 5.65 Å². The van der Waals surface area contributed by atoms with Gasteiger partial charge in [0.25, 0.3) is 0 Å². The molecule has 0 spiro atoms. The van der Waals surface area contributed by atoms with Gasteiger partial charge in [0, 0.05) is 6.21 Å². The third kappa shape index (κ3) is 2.46. The van der Waals surface area contributed by atoms with Crippen molar-refractivity contribution in [1.29, 1.82) is 0 Å². The van der Waals surface area contributed by atoms with Gasteiger partial charge in [0.15, 0.2) is 5.82 Å². The first-order chi connectivity index (χ1) is 12.2. The largest absolute Gasteiger partial charge is 0.381 e. The van der Waals surface area contributed by atoms with E-state index in [9.17, 15) is 4.79 Å². The highest BCUT2D eigenvalue weighted by molar-refractivity contribution is 5.81. The zero-order chi connectivity index (χ0) is 17.4. The first-order valence-electron chi connectivity index (χ1n) is 7.89. The fraction of sp³-hybridized carbons (Fsp3) is 0.111. The van der Waals surface area contributed by atoms with Crippen LogP contribution in [0.4, 0.5) is 11.5 Å². The van der Waals surface area contributed by atoms with Gasteiger partial charge in [-0.1, -0.05) is 30.3 Å². The van der Waals surface area contributed by atoms with E-state index in [1.807, 2.05) is 55.5 Å². The summed E-state index contributed by atoms with van der Waals surface area (Å²) in [5.41, 5.74) is 9.17. The zero-order valence-electron chi connectivity index (χ0n) is 13.6. The van der Waals surface area contributed by atoms with Crippen molar-refractivity contribution in [3.63, 3.8) is 0 Å². The van der Waals surface area contributed by atoms with E-state index >= 15 is 0 Å². The summed E-state index contributed by atoms with van der Waals surface area (Å²) >= 11 is 0. The molecule has 2 aromatic carbocycles. The fourth-order valence-electron chi connectivity index (χ4n) is 2.89. The highest BCUT2D eigenvalue weighted by atomic mass is 16.2.